The van der Waals surface area contributed by atoms with E-state index in [0.717, 1.165) is 32.2 Å². The zero-order valence-electron chi connectivity index (χ0n) is 12.1. The third kappa shape index (κ3) is 2.97. The second-order valence-electron chi connectivity index (χ2n) is 6.81. The molecule has 3 fully saturated rings. The molecule has 0 unspecified atom stereocenters. The number of nitrogens with zero attached hydrogens (tertiary/aromatic N) is 1. The molecule has 2 heterocycles. The number of likely N-dealkylation sites (tertiary alicyclic amines) is 1. The molecule has 0 spiro atoms. The molecule has 0 aromatic heterocycles. The van der Waals surface area contributed by atoms with Crippen molar-refractivity contribution in [2.24, 2.45) is 17.3 Å². The van der Waals surface area contributed by atoms with Crippen LogP contribution < -0.4 is 0 Å². The number of ether oxygens (including phenoxy) is 2. The van der Waals surface area contributed by atoms with Crippen molar-refractivity contribution >= 4 is 11.9 Å². The monoisotopic (exact) mass is 281 g/mol. The van der Waals surface area contributed by atoms with Gasteiger partial charge in [0.2, 0.25) is 5.91 Å². The molecule has 1 atom stereocenters. The molecule has 0 aromatic rings. The molecular weight excluding hydrogens is 258 g/mol. The lowest BCUT2D eigenvalue weighted by Crippen LogP contribution is -2.46. The topological polar surface area (TPSA) is 55.8 Å². The molecule has 5 heteroatoms. The number of esters is 1. The van der Waals surface area contributed by atoms with Crippen LogP contribution in [0.3, 0.4) is 0 Å². The van der Waals surface area contributed by atoms with Crippen LogP contribution in [0.1, 0.15) is 32.6 Å². The van der Waals surface area contributed by atoms with E-state index in [1.807, 2.05) is 4.90 Å². The first kappa shape index (κ1) is 13.9. The van der Waals surface area contributed by atoms with E-state index in [4.69, 9.17) is 9.47 Å². The SMILES string of the molecule is CC1(COC(=O)[C@H]2CCCN(C(=O)C3CC3)C2)COC1. The predicted molar refractivity (Wildman–Crippen MR) is 71.9 cm³/mol. The van der Waals surface area contributed by atoms with E-state index in [2.05, 4.69) is 6.92 Å². The standard InChI is InChI=1S/C15H23NO4/c1-15(8-19-9-15)10-20-14(18)12-3-2-6-16(7-12)13(17)11-4-5-11/h11-12H,2-10H2,1H3/t12-/m0/s1. The van der Waals surface area contributed by atoms with Crippen LogP contribution in [0.25, 0.3) is 0 Å². The number of hydrogen-bond donors (Lipinski definition) is 0. The van der Waals surface area contributed by atoms with Gasteiger partial charge in [-0.15, -0.1) is 0 Å². The number of rotatable bonds is 4. The highest BCUT2D eigenvalue weighted by atomic mass is 16.5. The van der Waals surface area contributed by atoms with Crippen LogP contribution in [-0.2, 0) is 19.1 Å². The summed E-state index contributed by atoms with van der Waals surface area (Å²) in [6, 6.07) is 0. The van der Waals surface area contributed by atoms with Crippen LogP contribution in [0.2, 0.25) is 0 Å². The fraction of sp³-hybridized carbons (Fsp3) is 0.867. The Bertz CT molecular complexity index is 401. The molecule has 0 aromatic carbocycles. The largest absolute Gasteiger partial charge is 0.465 e. The molecule has 112 valence electrons. The lowest BCUT2D eigenvalue weighted by Gasteiger charge is -2.38. The van der Waals surface area contributed by atoms with E-state index < -0.39 is 0 Å². The smallest absolute Gasteiger partial charge is 0.310 e. The summed E-state index contributed by atoms with van der Waals surface area (Å²) in [5, 5.41) is 0. The summed E-state index contributed by atoms with van der Waals surface area (Å²) in [5.41, 5.74) is -0.00611. The van der Waals surface area contributed by atoms with Gasteiger partial charge in [-0.3, -0.25) is 9.59 Å². The van der Waals surface area contributed by atoms with Gasteiger partial charge in [-0.2, -0.15) is 0 Å². The molecule has 2 saturated heterocycles. The minimum Gasteiger partial charge on any atom is -0.465 e. The molecule has 2 aliphatic heterocycles. The van der Waals surface area contributed by atoms with Crippen LogP contribution in [0, 0.1) is 17.3 Å². The van der Waals surface area contributed by atoms with Gasteiger partial charge in [-0.1, -0.05) is 6.92 Å². The molecular formula is C15H23NO4. The molecule has 20 heavy (non-hydrogen) atoms. The van der Waals surface area contributed by atoms with Gasteiger partial charge in [0.05, 0.1) is 19.1 Å². The van der Waals surface area contributed by atoms with E-state index in [1.165, 1.54) is 0 Å². The molecule has 3 rings (SSSR count). The Hall–Kier alpha value is -1.10. The maximum absolute atomic E-state index is 12.1. The lowest BCUT2D eigenvalue weighted by atomic mass is 9.90. The first-order chi connectivity index (χ1) is 9.57. The van der Waals surface area contributed by atoms with Crippen LogP contribution in [0.4, 0.5) is 0 Å². The Morgan fingerprint density at radius 3 is 2.60 bits per heavy atom. The summed E-state index contributed by atoms with van der Waals surface area (Å²) in [7, 11) is 0. The van der Waals surface area contributed by atoms with Crippen molar-refractivity contribution in [2.75, 3.05) is 32.9 Å². The van der Waals surface area contributed by atoms with Crippen LogP contribution in [0.15, 0.2) is 0 Å². The molecule has 0 N–H and O–H groups in total. The fourth-order valence-corrected chi connectivity index (χ4v) is 2.86. The number of amides is 1. The third-order valence-corrected chi connectivity index (χ3v) is 4.46. The third-order valence-electron chi connectivity index (χ3n) is 4.46. The van der Waals surface area contributed by atoms with E-state index in [0.29, 0.717) is 26.4 Å². The van der Waals surface area contributed by atoms with Crippen molar-refractivity contribution in [2.45, 2.75) is 32.6 Å². The fourth-order valence-electron chi connectivity index (χ4n) is 2.86. The minimum absolute atomic E-state index is 0.00611. The van der Waals surface area contributed by atoms with Crippen molar-refractivity contribution in [3.05, 3.63) is 0 Å². The predicted octanol–water partition coefficient (Wildman–Crippen LogP) is 1.21. The number of piperidine rings is 1. The summed E-state index contributed by atoms with van der Waals surface area (Å²) in [6.45, 7) is 5.16. The van der Waals surface area contributed by atoms with Crippen molar-refractivity contribution < 1.29 is 19.1 Å². The summed E-state index contributed by atoms with van der Waals surface area (Å²) < 4.78 is 10.6. The number of carbonyl (C=O) groups is 2. The quantitative estimate of drug-likeness (QED) is 0.727. The zero-order valence-corrected chi connectivity index (χ0v) is 12.1. The Labute approximate surface area is 119 Å². The molecule has 1 saturated carbocycles. The van der Waals surface area contributed by atoms with E-state index in [-0.39, 0.29) is 29.1 Å². The maximum atomic E-state index is 12.1. The molecule has 1 aliphatic carbocycles. The summed E-state index contributed by atoms with van der Waals surface area (Å²) in [4.78, 5) is 26.1. The Kier molecular flexibility index (Phi) is 3.71. The van der Waals surface area contributed by atoms with E-state index in [9.17, 15) is 9.59 Å². The molecule has 0 bridgehead atoms. The van der Waals surface area contributed by atoms with Gasteiger partial charge in [-0.05, 0) is 25.7 Å². The van der Waals surface area contributed by atoms with Crippen molar-refractivity contribution in [1.82, 2.24) is 4.90 Å². The molecule has 5 nitrogen and oxygen atoms in total. The highest BCUT2D eigenvalue weighted by Gasteiger charge is 2.39. The highest BCUT2D eigenvalue weighted by Crippen LogP contribution is 2.33. The van der Waals surface area contributed by atoms with E-state index in [1.54, 1.807) is 0 Å². The lowest BCUT2D eigenvalue weighted by molar-refractivity contribution is -0.170. The van der Waals surface area contributed by atoms with Crippen LogP contribution >= 0.6 is 0 Å². The van der Waals surface area contributed by atoms with Gasteiger partial charge in [0.15, 0.2) is 0 Å². The summed E-state index contributed by atoms with van der Waals surface area (Å²) >= 11 is 0. The van der Waals surface area contributed by atoms with Gasteiger partial charge in [0.25, 0.3) is 0 Å². The number of hydrogen-bond acceptors (Lipinski definition) is 4. The minimum atomic E-state index is -0.147. The van der Waals surface area contributed by atoms with Crippen molar-refractivity contribution in [3.8, 4) is 0 Å². The Morgan fingerprint density at radius 2 is 2.00 bits per heavy atom. The van der Waals surface area contributed by atoms with Crippen molar-refractivity contribution in [3.63, 3.8) is 0 Å². The maximum Gasteiger partial charge on any atom is 0.310 e. The van der Waals surface area contributed by atoms with Crippen LogP contribution in [-0.4, -0.2) is 49.7 Å². The number of carbonyl (C=O) groups excluding carboxylic acids is 2. The van der Waals surface area contributed by atoms with Gasteiger partial charge in [-0.25, -0.2) is 0 Å². The van der Waals surface area contributed by atoms with Gasteiger partial charge >= 0.3 is 5.97 Å². The van der Waals surface area contributed by atoms with E-state index >= 15 is 0 Å². The first-order valence-electron chi connectivity index (χ1n) is 7.61. The second-order valence-corrected chi connectivity index (χ2v) is 6.81. The van der Waals surface area contributed by atoms with Crippen molar-refractivity contribution in [1.29, 1.82) is 0 Å². The first-order valence-corrected chi connectivity index (χ1v) is 7.61. The molecule has 1 amide bonds. The summed E-state index contributed by atoms with van der Waals surface area (Å²) in [6.07, 6.45) is 3.77. The molecule has 3 aliphatic rings. The molecule has 0 radical (unpaired) electrons. The Balaban J connectivity index is 1.48. The normalized spacial score (nSPS) is 28.6. The second kappa shape index (κ2) is 5.35. The van der Waals surface area contributed by atoms with Gasteiger partial charge < -0.3 is 14.4 Å². The zero-order chi connectivity index (χ0) is 14.2. The highest BCUT2D eigenvalue weighted by molar-refractivity contribution is 5.82. The summed E-state index contributed by atoms with van der Waals surface area (Å²) in [5.74, 6) is 0.181. The average Bonchev–Trinajstić information content (AvgIpc) is 3.26. The Morgan fingerprint density at radius 1 is 1.25 bits per heavy atom. The van der Waals surface area contributed by atoms with Gasteiger partial charge in [0, 0.05) is 24.4 Å². The van der Waals surface area contributed by atoms with Crippen LogP contribution in [0.5, 0.6) is 0 Å². The average molecular weight is 281 g/mol. The van der Waals surface area contributed by atoms with Gasteiger partial charge in [0.1, 0.15) is 6.61 Å².